The van der Waals surface area contributed by atoms with Crippen LogP contribution in [-0.2, 0) is 19.2 Å². The summed E-state index contributed by atoms with van der Waals surface area (Å²) in [7, 11) is 0. The number of hydrogen-bond acceptors (Lipinski definition) is 4. The van der Waals surface area contributed by atoms with Gasteiger partial charge in [-0.1, -0.05) is 51.9 Å². The predicted molar refractivity (Wildman–Crippen MR) is 79.9 cm³/mol. The molecule has 0 aromatic carbocycles. The zero-order valence-electron chi connectivity index (χ0n) is 13.0. The number of carbonyl (C=O) groups excluding carboxylic acids is 3. The third-order valence-corrected chi connectivity index (χ3v) is 3.11. The summed E-state index contributed by atoms with van der Waals surface area (Å²) >= 11 is 0. The van der Waals surface area contributed by atoms with Crippen molar-refractivity contribution in [3.63, 3.8) is 0 Å². The van der Waals surface area contributed by atoms with E-state index >= 15 is 0 Å². The minimum absolute atomic E-state index is 0.0542. The average Bonchev–Trinajstić information content (AvgIpc) is 2.45. The van der Waals surface area contributed by atoms with E-state index in [1.54, 1.807) is 0 Å². The second-order valence-corrected chi connectivity index (χ2v) is 5.19. The Morgan fingerprint density at radius 1 is 0.857 bits per heavy atom. The van der Waals surface area contributed by atoms with Crippen LogP contribution in [0.1, 0.15) is 77.6 Å². The molecular formula is C15H28N2O4. The van der Waals surface area contributed by atoms with E-state index in [0.717, 1.165) is 19.3 Å². The number of hydroxylamine groups is 1. The zero-order valence-corrected chi connectivity index (χ0v) is 13.0. The molecule has 0 aromatic heterocycles. The molecule has 122 valence electrons. The second-order valence-electron chi connectivity index (χ2n) is 5.19. The van der Waals surface area contributed by atoms with Crippen molar-refractivity contribution >= 4 is 17.8 Å². The van der Waals surface area contributed by atoms with E-state index in [9.17, 15) is 14.4 Å². The van der Waals surface area contributed by atoms with Gasteiger partial charge in [-0.15, -0.1) is 0 Å². The van der Waals surface area contributed by atoms with Crippen LogP contribution in [0.4, 0.5) is 0 Å². The quantitative estimate of drug-likeness (QED) is 0.427. The molecule has 0 aliphatic heterocycles. The third-order valence-electron chi connectivity index (χ3n) is 3.11. The van der Waals surface area contributed by atoms with Gasteiger partial charge in [0.15, 0.2) is 0 Å². The largest absolute Gasteiger partial charge is 0.370 e. The van der Waals surface area contributed by atoms with Crippen molar-refractivity contribution in [2.75, 3.05) is 0 Å². The smallest absolute Gasteiger partial charge is 0.332 e. The molecule has 3 N–H and O–H groups in total. The van der Waals surface area contributed by atoms with Gasteiger partial charge in [-0.2, -0.15) is 5.48 Å². The molecule has 0 saturated carbocycles. The van der Waals surface area contributed by atoms with Gasteiger partial charge in [-0.3, -0.25) is 9.59 Å². The van der Waals surface area contributed by atoms with Gasteiger partial charge in [0.1, 0.15) is 0 Å². The van der Waals surface area contributed by atoms with Gasteiger partial charge in [-0.05, 0) is 6.42 Å². The van der Waals surface area contributed by atoms with E-state index < -0.39 is 17.8 Å². The molecule has 0 saturated heterocycles. The van der Waals surface area contributed by atoms with Crippen molar-refractivity contribution in [1.29, 1.82) is 0 Å². The van der Waals surface area contributed by atoms with Crippen molar-refractivity contribution in [1.82, 2.24) is 5.48 Å². The van der Waals surface area contributed by atoms with Crippen molar-refractivity contribution in [2.24, 2.45) is 5.73 Å². The van der Waals surface area contributed by atoms with Crippen LogP contribution in [0.5, 0.6) is 0 Å². The standard InChI is InChI=1S/C15H28N2O4/c1-2-3-4-5-6-7-8-9-10-15(20)21-17-14(19)12-11-13(16)18/h2-12H2,1H3,(H2,16,18)(H,17,19). The van der Waals surface area contributed by atoms with Gasteiger partial charge >= 0.3 is 5.97 Å². The molecule has 6 heteroatoms. The Hall–Kier alpha value is -1.59. The number of primary amides is 1. The van der Waals surface area contributed by atoms with Gasteiger partial charge in [0, 0.05) is 19.3 Å². The van der Waals surface area contributed by atoms with E-state index in [2.05, 4.69) is 11.8 Å². The maximum Gasteiger partial charge on any atom is 0.332 e. The number of rotatable bonds is 12. The lowest BCUT2D eigenvalue weighted by Gasteiger charge is -2.05. The first kappa shape index (κ1) is 19.4. The lowest BCUT2D eigenvalue weighted by molar-refractivity contribution is -0.158. The van der Waals surface area contributed by atoms with Gasteiger partial charge < -0.3 is 10.6 Å². The number of carbonyl (C=O) groups is 3. The van der Waals surface area contributed by atoms with Crippen LogP contribution >= 0.6 is 0 Å². The van der Waals surface area contributed by atoms with Gasteiger partial charge in [0.05, 0.1) is 0 Å². The first-order valence-corrected chi connectivity index (χ1v) is 7.83. The Morgan fingerprint density at radius 3 is 2.00 bits per heavy atom. The summed E-state index contributed by atoms with van der Waals surface area (Å²) in [5, 5.41) is 0. The lowest BCUT2D eigenvalue weighted by Crippen LogP contribution is -2.28. The summed E-state index contributed by atoms with van der Waals surface area (Å²) in [6.45, 7) is 2.19. The third kappa shape index (κ3) is 14.6. The maximum absolute atomic E-state index is 11.3. The van der Waals surface area contributed by atoms with Crippen LogP contribution in [0.3, 0.4) is 0 Å². The van der Waals surface area contributed by atoms with E-state index in [-0.39, 0.29) is 12.8 Å². The molecule has 0 unspecified atom stereocenters. The number of nitrogens with one attached hydrogen (secondary N) is 1. The van der Waals surface area contributed by atoms with Crippen molar-refractivity contribution in [3.05, 3.63) is 0 Å². The molecule has 21 heavy (non-hydrogen) atoms. The van der Waals surface area contributed by atoms with Crippen molar-refractivity contribution in [3.8, 4) is 0 Å². The molecule has 0 rings (SSSR count). The number of unbranched alkanes of at least 4 members (excludes halogenated alkanes) is 7. The summed E-state index contributed by atoms with van der Waals surface area (Å²) in [6.07, 6.45) is 9.36. The van der Waals surface area contributed by atoms with Crippen LogP contribution in [0, 0.1) is 0 Å². The first-order valence-electron chi connectivity index (χ1n) is 7.83. The van der Waals surface area contributed by atoms with Crippen LogP contribution < -0.4 is 11.2 Å². The molecule has 6 nitrogen and oxygen atoms in total. The summed E-state index contributed by atoms with van der Waals surface area (Å²) < 4.78 is 0. The molecule has 0 spiro atoms. The monoisotopic (exact) mass is 300 g/mol. The molecular weight excluding hydrogens is 272 g/mol. The summed E-state index contributed by atoms with van der Waals surface area (Å²) in [5.74, 6) is -1.53. The number of amides is 2. The average molecular weight is 300 g/mol. The fraction of sp³-hybridized carbons (Fsp3) is 0.800. The predicted octanol–water partition coefficient (Wildman–Crippen LogP) is 2.36. The van der Waals surface area contributed by atoms with Gasteiger partial charge in [-0.25, -0.2) is 4.79 Å². The SMILES string of the molecule is CCCCCCCCCCC(=O)ONC(=O)CCC(N)=O. The molecule has 0 fully saturated rings. The Bertz CT molecular complexity index is 319. The molecule has 0 bridgehead atoms. The highest BCUT2D eigenvalue weighted by atomic mass is 16.7. The molecule has 0 aliphatic rings. The molecule has 2 amide bonds. The van der Waals surface area contributed by atoms with Crippen molar-refractivity contribution < 1.29 is 19.2 Å². The fourth-order valence-corrected chi connectivity index (χ4v) is 1.86. The summed E-state index contributed by atoms with van der Waals surface area (Å²) in [6, 6.07) is 0. The molecule has 0 aromatic rings. The fourth-order valence-electron chi connectivity index (χ4n) is 1.86. The van der Waals surface area contributed by atoms with E-state index in [0.29, 0.717) is 6.42 Å². The normalized spacial score (nSPS) is 10.1. The Labute approximate surface area is 126 Å². The Morgan fingerprint density at radius 2 is 1.43 bits per heavy atom. The van der Waals surface area contributed by atoms with E-state index in [1.807, 2.05) is 5.48 Å². The second kappa shape index (κ2) is 13.4. The summed E-state index contributed by atoms with van der Waals surface area (Å²) in [4.78, 5) is 37.6. The van der Waals surface area contributed by atoms with Crippen molar-refractivity contribution in [2.45, 2.75) is 77.6 Å². The van der Waals surface area contributed by atoms with E-state index in [4.69, 9.17) is 5.73 Å². The Balaban J connectivity index is 3.38. The minimum Gasteiger partial charge on any atom is -0.370 e. The minimum atomic E-state index is -0.560. The lowest BCUT2D eigenvalue weighted by atomic mass is 10.1. The molecule has 0 heterocycles. The number of hydrogen-bond donors (Lipinski definition) is 2. The maximum atomic E-state index is 11.3. The zero-order chi connectivity index (χ0) is 15.9. The van der Waals surface area contributed by atoms with Crippen LogP contribution in [0.15, 0.2) is 0 Å². The molecule has 0 radical (unpaired) electrons. The highest BCUT2D eigenvalue weighted by Gasteiger charge is 2.07. The number of nitrogens with two attached hydrogens (primary N) is 1. The van der Waals surface area contributed by atoms with E-state index in [1.165, 1.54) is 32.1 Å². The van der Waals surface area contributed by atoms with Crippen LogP contribution in [0.25, 0.3) is 0 Å². The Kier molecular flexibility index (Phi) is 12.4. The highest BCUT2D eigenvalue weighted by Crippen LogP contribution is 2.09. The van der Waals surface area contributed by atoms with Crippen LogP contribution in [0.2, 0.25) is 0 Å². The topological polar surface area (TPSA) is 98.5 Å². The van der Waals surface area contributed by atoms with Gasteiger partial charge in [0.25, 0.3) is 5.91 Å². The summed E-state index contributed by atoms with van der Waals surface area (Å²) in [5.41, 5.74) is 6.92. The highest BCUT2D eigenvalue weighted by molar-refractivity contribution is 5.83. The molecule has 0 atom stereocenters. The van der Waals surface area contributed by atoms with Crippen LogP contribution in [-0.4, -0.2) is 17.8 Å². The first-order chi connectivity index (χ1) is 10.1. The molecule has 0 aliphatic carbocycles. The van der Waals surface area contributed by atoms with Gasteiger partial charge in [0.2, 0.25) is 5.91 Å².